The number of benzene rings is 1. The minimum absolute atomic E-state index is 0.0232. The fourth-order valence-electron chi connectivity index (χ4n) is 3.21. The van der Waals surface area contributed by atoms with Crippen molar-refractivity contribution >= 4 is 16.9 Å². The van der Waals surface area contributed by atoms with Crippen molar-refractivity contribution in [2.45, 2.75) is 39.4 Å². The van der Waals surface area contributed by atoms with Crippen LogP contribution in [0.2, 0.25) is 0 Å². The van der Waals surface area contributed by atoms with Gasteiger partial charge in [0.2, 0.25) is 0 Å². The first kappa shape index (κ1) is 17.5. The van der Waals surface area contributed by atoms with Crippen molar-refractivity contribution in [3.63, 3.8) is 0 Å². The van der Waals surface area contributed by atoms with Crippen molar-refractivity contribution in [1.29, 1.82) is 0 Å². The van der Waals surface area contributed by atoms with Gasteiger partial charge in [-0.3, -0.25) is 4.79 Å². The number of morpholine rings is 1. The molecule has 1 fully saturated rings. The highest BCUT2D eigenvalue weighted by Crippen LogP contribution is 2.23. The number of aryl methyl sites for hydroxylation is 1. The van der Waals surface area contributed by atoms with Crippen molar-refractivity contribution in [1.82, 2.24) is 4.90 Å². The van der Waals surface area contributed by atoms with Crippen LogP contribution in [-0.2, 0) is 16.0 Å². The standard InChI is InChI=1S/C19H23NO5/c1-4-14-7-19(22)25-17-8-15(5-6-16(14)17)23-11-18(21)20-9-12(2)24-13(3)10-20/h5-8,12-13H,4,9-11H2,1-3H3. The van der Waals surface area contributed by atoms with Gasteiger partial charge < -0.3 is 18.8 Å². The summed E-state index contributed by atoms with van der Waals surface area (Å²) in [6.07, 6.45) is 0.791. The summed E-state index contributed by atoms with van der Waals surface area (Å²) in [4.78, 5) is 25.7. The number of rotatable bonds is 4. The molecule has 0 aliphatic carbocycles. The summed E-state index contributed by atoms with van der Waals surface area (Å²) in [5.74, 6) is 0.428. The van der Waals surface area contributed by atoms with Crippen molar-refractivity contribution in [3.05, 3.63) is 40.2 Å². The molecule has 6 nitrogen and oxygen atoms in total. The van der Waals surface area contributed by atoms with Crippen molar-refractivity contribution < 1.29 is 18.7 Å². The molecular weight excluding hydrogens is 322 g/mol. The molecule has 2 aromatic rings. The minimum atomic E-state index is -0.381. The van der Waals surface area contributed by atoms with Crippen LogP contribution in [0.25, 0.3) is 11.0 Å². The summed E-state index contributed by atoms with van der Waals surface area (Å²) >= 11 is 0. The van der Waals surface area contributed by atoms with Crippen LogP contribution in [0.3, 0.4) is 0 Å². The molecule has 25 heavy (non-hydrogen) atoms. The van der Waals surface area contributed by atoms with E-state index in [2.05, 4.69) is 0 Å². The van der Waals surface area contributed by atoms with Gasteiger partial charge in [-0.05, 0) is 38.0 Å². The number of hydrogen-bond acceptors (Lipinski definition) is 5. The number of carbonyl (C=O) groups excluding carboxylic acids is 1. The molecule has 0 N–H and O–H groups in total. The normalized spacial score (nSPS) is 20.7. The van der Waals surface area contributed by atoms with Crippen LogP contribution in [0.15, 0.2) is 33.5 Å². The van der Waals surface area contributed by atoms with Gasteiger partial charge in [-0.15, -0.1) is 0 Å². The lowest BCUT2D eigenvalue weighted by molar-refractivity contribution is -0.145. The summed E-state index contributed by atoms with van der Waals surface area (Å²) in [5, 5.41) is 0.886. The van der Waals surface area contributed by atoms with E-state index in [9.17, 15) is 9.59 Å². The van der Waals surface area contributed by atoms with Crippen LogP contribution >= 0.6 is 0 Å². The van der Waals surface area contributed by atoms with Crippen LogP contribution in [0.1, 0.15) is 26.3 Å². The van der Waals surface area contributed by atoms with Gasteiger partial charge in [0.15, 0.2) is 6.61 Å². The number of nitrogens with zero attached hydrogens (tertiary/aromatic N) is 1. The Morgan fingerprint density at radius 3 is 2.64 bits per heavy atom. The lowest BCUT2D eigenvalue weighted by atomic mass is 10.1. The van der Waals surface area contributed by atoms with Gasteiger partial charge >= 0.3 is 5.63 Å². The third-order valence-electron chi connectivity index (χ3n) is 4.32. The molecule has 0 bridgehead atoms. The molecule has 3 rings (SSSR count). The Labute approximate surface area is 146 Å². The van der Waals surface area contributed by atoms with Gasteiger partial charge in [0.05, 0.1) is 12.2 Å². The second-order valence-corrected chi connectivity index (χ2v) is 6.45. The van der Waals surface area contributed by atoms with Crippen molar-refractivity contribution in [3.8, 4) is 5.75 Å². The fourth-order valence-corrected chi connectivity index (χ4v) is 3.21. The molecule has 2 heterocycles. The molecule has 134 valence electrons. The van der Waals surface area contributed by atoms with Gasteiger partial charge in [0, 0.05) is 30.6 Å². The third-order valence-corrected chi connectivity index (χ3v) is 4.32. The lowest BCUT2D eigenvalue weighted by Crippen LogP contribution is -2.49. The molecule has 0 saturated carbocycles. The van der Waals surface area contributed by atoms with E-state index in [4.69, 9.17) is 13.9 Å². The number of ether oxygens (including phenoxy) is 2. The quantitative estimate of drug-likeness (QED) is 0.796. The summed E-state index contributed by atoms with van der Waals surface area (Å²) in [6, 6.07) is 6.82. The highest BCUT2D eigenvalue weighted by molar-refractivity contribution is 5.82. The van der Waals surface area contributed by atoms with Crippen LogP contribution < -0.4 is 10.4 Å². The van der Waals surface area contributed by atoms with Gasteiger partial charge in [0.25, 0.3) is 5.91 Å². The number of amides is 1. The summed E-state index contributed by atoms with van der Waals surface area (Å²) in [5.41, 5.74) is 1.03. The van der Waals surface area contributed by atoms with Crippen LogP contribution in [0.4, 0.5) is 0 Å². The Kier molecular flexibility index (Phi) is 5.08. The predicted molar refractivity (Wildman–Crippen MR) is 93.9 cm³/mol. The third kappa shape index (κ3) is 4.02. The molecule has 2 unspecified atom stereocenters. The summed E-state index contributed by atoms with van der Waals surface area (Å²) < 4.78 is 16.5. The van der Waals surface area contributed by atoms with E-state index in [1.54, 1.807) is 17.0 Å². The maximum Gasteiger partial charge on any atom is 0.336 e. The van der Waals surface area contributed by atoms with Gasteiger partial charge in [-0.25, -0.2) is 4.79 Å². The van der Waals surface area contributed by atoms with Crippen LogP contribution in [0, 0.1) is 0 Å². The van der Waals surface area contributed by atoms with E-state index in [-0.39, 0.29) is 30.3 Å². The SMILES string of the molecule is CCc1cc(=O)oc2cc(OCC(=O)N3CC(C)OC(C)C3)ccc12. The molecule has 1 aromatic carbocycles. The van der Waals surface area contributed by atoms with Crippen molar-refractivity contribution in [2.24, 2.45) is 0 Å². The summed E-state index contributed by atoms with van der Waals surface area (Å²) in [6.45, 7) is 6.98. The molecule has 1 aromatic heterocycles. The first-order valence-electron chi connectivity index (χ1n) is 8.59. The average Bonchev–Trinajstić information content (AvgIpc) is 2.57. The molecule has 2 atom stereocenters. The van der Waals surface area contributed by atoms with E-state index >= 15 is 0 Å². The summed E-state index contributed by atoms with van der Waals surface area (Å²) in [7, 11) is 0. The maximum absolute atomic E-state index is 12.4. The van der Waals surface area contributed by atoms with E-state index in [1.165, 1.54) is 6.07 Å². The monoisotopic (exact) mass is 345 g/mol. The molecule has 0 spiro atoms. The first-order chi connectivity index (χ1) is 12.0. The second kappa shape index (κ2) is 7.27. The Morgan fingerprint density at radius 2 is 1.96 bits per heavy atom. The molecule has 1 saturated heterocycles. The topological polar surface area (TPSA) is 69.0 Å². The van der Waals surface area contributed by atoms with Gasteiger partial charge in [-0.1, -0.05) is 6.92 Å². The molecule has 1 aliphatic heterocycles. The Hall–Kier alpha value is -2.34. The van der Waals surface area contributed by atoms with E-state index in [0.29, 0.717) is 24.4 Å². The van der Waals surface area contributed by atoms with Crippen LogP contribution in [-0.4, -0.2) is 42.7 Å². The zero-order valence-corrected chi connectivity index (χ0v) is 14.8. The second-order valence-electron chi connectivity index (χ2n) is 6.45. The van der Waals surface area contributed by atoms with Crippen LogP contribution in [0.5, 0.6) is 5.75 Å². The maximum atomic E-state index is 12.4. The number of carbonyl (C=O) groups is 1. The smallest absolute Gasteiger partial charge is 0.336 e. The zero-order chi connectivity index (χ0) is 18.0. The molecule has 0 radical (unpaired) electrons. The first-order valence-corrected chi connectivity index (χ1v) is 8.59. The van der Waals surface area contributed by atoms with E-state index in [0.717, 1.165) is 17.4 Å². The number of fused-ring (bicyclic) bond motifs is 1. The molecule has 6 heteroatoms. The molecule has 1 aliphatic rings. The minimum Gasteiger partial charge on any atom is -0.484 e. The Balaban J connectivity index is 1.71. The lowest BCUT2D eigenvalue weighted by Gasteiger charge is -2.35. The zero-order valence-electron chi connectivity index (χ0n) is 14.8. The van der Waals surface area contributed by atoms with E-state index in [1.807, 2.05) is 26.8 Å². The fraction of sp³-hybridized carbons (Fsp3) is 0.474. The Bertz CT molecular complexity index is 818. The Morgan fingerprint density at radius 1 is 1.24 bits per heavy atom. The highest BCUT2D eigenvalue weighted by atomic mass is 16.5. The van der Waals surface area contributed by atoms with Crippen molar-refractivity contribution in [2.75, 3.05) is 19.7 Å². The highest BCUT2D eigenvalue weighted by Gasteiger charge is 2.26. The predicted octanol–water partition coefficient (Wildman–Crippen LogP) is 2.37. The van der Waals surface area contributed by atoms with Gasteiger partial charge in [-0.2, -0.15) is 0 Å². The number of hydrogen-bond donors (Lipinski definition) is 0. The molecular formula is C19H23NO5. The average molecular weight is 345 g/mol. The van der Waals surface area contributed by atoms with E-state index < -0.39 is 0 Å². The van der Waals surface area contributed by atoms with Gasteiger partial charge in [0.1, 0.15) is 11.3 Å². The molecule has 1 amide bonds. The largest absolute Gasteiger partial charge is 0.484 e.